The molecule has 4 heteroatoms. The molecular formula is C31H37O3S+. The van der Waals surface area contributed by atoms with Crippen molar-refractivity contribution in [2.45, 2.75) is 79.1 Å². The molecular weight excluding hydrogens is 452 g/mol. The van der Waals surface area contributed by atoms with Crippen LogP contribution in [-0.4, -0.2) is 18.2 Å². The van der Waals surface area contributed by atoms with Crippen LogP contribution in [0.5, 0.6) is 5.75 Å². The van der Waals surface area contributed by atoms with E-state index in [0.717, 1.165) is 30.6 Å². The first kappa shape index (κ1) is 25.4. The quantitative estimate of drug-likeness (QED) is 0.215. The van der Waals surface area contributed by atoms with Gasteiger partial charge in [0, 0.05) is 6.07 Å². The van der Waals surface area contributed by atoms with Gasteiger partial charge in [-0.15, -0.1) is 0 Å². The third-order valence-corrected chi connectivity index (χ3v) is 9.43. The number of benzene rings is 3. The maximum absolute atomic E-state index is 12.9. The Morgan fingerprint density at radius 1 is 0.800 bits per heavy atom. The summed E-state index contributed by atoms with van der Waals surface area (Å²) in [6.07, 6.45) is 7.77. The van der Waals surface area contributed by atoms with Crippen molar-refractivity contribution in [3.8, 4) is 5.75 Å². The number of hydrogen-bond acceptors (Lipinski definition) is 3. The normalized spacial score (nSPS) is 14.6. The minimum atomic E-state index is -0.365. The average Bonchev–Trinajstić information content (AvgIpc) is 2.93. The topological polar surface area (TPSA) is 35.5 Å². The molecule has 0 spiro atoms. The Morgan fingerprint density at radius 3 is 1.94 bits per heavy atom. The molecule has 3 aromatic carbocycles. The van der Waals surface area contributed by atoms with Gasteiger partial charge in [0.15, 0.2) is 21.3 Å². The molecule has 0 heterocycles. The fourth-order valence-corrected chi connectivity index (χ4v) is 7.42. The Morgan fingerprint density at radius 2 is 1.37 bits per heavy atom. The summed E-state index contributed by atoms with van der Waals surface area (Å²) in [6.45, 7) is 4.22. The van der Waals surface area contributed by atoms with E-state index in [1.807, 2.05) is 24.3 Å². The van der Waals surface area contributed by atoms with Gasteiger partial charge in [-0.2, -0.15) is 0 Å². The fourth-order valence-electron chi connectivity index (χ4n) is 5.29. The van der Waals surface area contributed by atoms with Crippen molar-refractivity contribution in [1.82, 2.24) is 0 Å². The van der Waals surface area contributed by atoms with Gasteiger partial charge in [-0.3, -0.25) is 0 Å². The lowest BCUT2D eigenvalue weighted by molar-refractivity contribution is -0.172. The highest BCUT2D eigenvalue weighted by molar-refractivity contribution is 7.97. The van der Waals surface area contributed by atoms with Crippen LogP contribution in [0.1, 0.15) is 58.8 Å². The molecule has 0 radical (unpaired) electrons. The highest BCUT2D eigenvalue weighted by Crippen LogP contribution is 2.40. The zero-order valence-corrected chi connectivity index (χ0v) is 21.8. The predicted molar refractivity (Wildman–Crippen MR) is 143 cm³/mol. The molecule has 1 saturated carbocycles. The van der Waals surface area contributed by atoms with E-state index in [9.17, 15) is 4.79 Å². The van der Waals surface area contributed by atoms with Crippen molar-refractivity contribution >= 4 is 16.9 Å². The van der Waals surface area contributed by atoms with E-state index >= 15 is 0 Å². The summed E-state index contributed by atoms with van der Waals surface area (Å²) in [6, 6.07) is 29.2. The van der Waals surface area contributed by atoms with E-state index < -0.39 is 0 Å². The predicted octanol–water partition coefficient (Wildman–Crippen LogP) is 7.84. The molecule has 3 nitrogen and oxygen atoms in total. The number of rotatable bonds is 10. The van der Waals surface area contributed by atoms with Crippen molar-refractivity contribution in [1.29, 1.82) is 0 Å². The van der Waals surface area contributed by atoms with Gasteiger partial charge in [0.1, 0.15) is 11.4 Å². The zero-order valence-electron chi connectivity index (χ0n) is 21.0. The van der Waals surface area contributed by atoms with Gasteiger partial charge in [0.05, 0.1) is 10.9 Å². The molecule has 0 unspecified atom stereocenters. The molecule has 0 atom stereocenters. The highest BCUT2D eigenvalue weighted by atomic mass is 32.2. The first-order chi connectivity index (χ1) is 17.1. The van der Waals surface area contributed by atoms with Crippen molar-refractivity contribution in [3.05, 3.63) is 84.9 Å². The zero-order chi connectivity index (χ0) is 24.5. The van der Waals surface area contributed by atoms with Gasteiger partial charge >= 0.3 is 5.97 Å². The molecule has 3 aromatic rings. The lowest BCUT2D eigenvalue weighted by Gasteiger charge is -2.41. The van der Waals surface area contributed by atoms with Gasteiger partial charge in [0.25, 0.3) is 0 Å². The van der Waals surface area contributed by atoms with Gasteiger partial charge in [-0.05, 0) is 68.0 Å². The Labute approximate surface area is 213 Å². The van der Waals surface area contributed by atoms with E-state index in [1.54, 1.807) is 0 Å². The summed E-state index contributed by atoms with van der Waals surface area (Å²) in [4.78, 5) is 16.6. The number of carbonyl (C=O) groups excluding carboxylic acids is 1. The Bertz CT molecular complexity index is 1020. The fraction of sp³-hybridized carbons (Fsp3) is 0.387. The van der Waals surface area contributed by atoms with Gasteiger partial charge < -0.3 is 9.47 Å². The third-order valence-electron chi connectivity index (χ3n) is 7.22. The molecule has 1 aliphatic rings. The van der Waals surface area contributed by atoms with Crippen molar-refractivity contribution in [3.63, 3.8) is 0 Å². The first-order valence-electron chi connectivity index (χ1n) is 12.9. The van der Waals surface area contributed by atoms with E-state index in [4.69, 9.17) is 9.47 Å². The van der Waals surface area contributed by atoms with E-state index in [0.29, 0.717) is 11.7 Å². The van der Waals surface area contributed by atoms with Crippen LogP contribution in [0.2, 0.25) is 0 Å². The van der Waals surface area contributed by atoms with Crippen molar-refractivity contribution in [2.24, 2.45) is 5.92 Å². The minimum absolute atomic E-state index is 0.0671. The van der Waals surface area contributed by atoms with Gasteiger partial charge in [0.2, 0.25) is 0 Å². The largest absolute Gasteiger partial charge is 0.482 e. The number of esters is 1. The van der Waals surface area contributed by atoms with Crippen LogP contribution in [-0.2, 0) is 20.4 Å². The standard InChI is InChI=1S/C31H37O3S/c1-3-31(4-2,25-15-8-5-9-16-25)34-30(32)24-33-26-17-14-22-29(23-26)35(27-18-10-6-11-19-27)28-20-12-7-13-21-28/h6-7,10-14,17-23,25H,3-5,8-9,15-16,24H2,1-2H3/q+1. The van der Waals surface area contributed by atoms with Crippen LogP contribution in [0.15, 0.2) is 99.6 Å². The first-order valence-corrected chi connectivity index (χ1v) is 14.2. The average molecular weight is 490 g/mol. The minimum Gasteiger partial charge on any atom is -0.482 e. The maximum atomic E-state index is 12.9. The second kappa shape index (κ2) is 12.3. The summed E-state index contributed by atoms with van der Waals surface area (Å²) in [5.74, 6) is 0.882. The summed E-state index contributed by atoms with van der Waals surface area (Å²) < 4.78 is 12.1. The van der Waals surface area contributed by atoms with Gasteiger partial charge in [-0.25, -0.2) is 4.79 Å². The van der Waals surface area contributed by atoms with Crippen LogP contribution in [0.4, 0.5) is 0 Å². The molecule has 0 aromatic heterocycles. The number of ether oxygens (including phenoxy) is 2. The summed E-state index contributed by atoms with van der Waals surface area (Å²) in [7, 11) is -0.258. The maximum Gasteiger partial charge on any atom is 0.344 e. The lowest BCUT2D eigenvalue weighted by atomic mass is 9.74. The monoisotopic (exact) mass is 489 g/mol. The van der Waals surface area contributed by atoms with Crippen molar-refractivity contribution < 1.29 is 14.3 Å². The Kier molecular flexibility index (Phi) is 8.92. The molecule has 1 fully saturated rings. The smallest absolute Gasteiger partial charge is 0.344 e. The van der Waals surface area contributed by atoms with E-state index in [2.05, 4.69) is 74.5 Å². The summed E-state index contributed by atoms with van der Waals surface area (Å²) >= 11 is 0. The second-order valence-corrected chi connectivity index (χ2v) is 11.3. The van der Waals surface area contributed by atoms with Crippen LogP contribution in [0.3, 0.4) is 0 Å². The molecule has 184 valence electrons. The van der Waals surface area contributed by atoms with E-state index in [-0.39, 0.29) is 29.1 Å². The van der Waals surface area contributed by atoms with Crippen molar-refractivity contribution in [2.75, 3.05) is 6.61 Å². The highest BCUT2D eigenvalue weighted by Gasteiger charge is 2.40. The Balaban J connectivity index is 1.48. The number of carbonyl (C=O) groups is 1. The molecule has 0 amide bonds. The molecule has 35 heavy (non-hydrogen) atoms. The SMILES string of the molecule is CCC(CC)(OC(=O)COc1cccc([S+](c2ccccc2)c2ccccc2)c1)C1CCCCC1. The molecule has 4 rings (SSSR count). The third kappa shape index (κ3) is 6.29. The summed E-state index contributed by atoms with van der Waals surface area (Å²) in [5.41, 5.74) is -0.365. The molecule has 0 saturated heterocycles. The lowest BCUT2D eigenvalue weighted by Crippen LogP contribution is -2.43. The second-order valence-electron chi connectivity index (χ2n) is 9.28. The van der Waals surface area contributed by atoms with Crippen LogP contribution >= 0.6 is 0 Å². The summed E-state index contributed by atoms with van der Waals surface area (Å²) in [5, 5.41) is 0. The van der Waals surface area contributed by atoms with Crippen LogP contribution < -0.4 is 4.74 Å². The van der Waals surface area contributed by atoms with Crippen LogP contribution in [0, 0.1) is 5.92 Å². The van der Waals surface area contributed by atoms with Gasteiger partial charge in [-0.1, -0.05) is 75.6 Å². The molecule has 0 bridgehead atoms. The van der Waals surface area contributed by atoms with E-state index in [1.165, 1.54) is 29.1 Å². The number of hydrogen-bond donors (Lipinski definition) is 0. The molecule has 0 aliphatic heterocycles. The Hall–Kier alpha value is -2.72. The molecule has 0 N–H and O–H groups in total. The molecule has 1 aliphatic carbocycles. The van der Waals surface area contributed by atoms with Crippen LogP contribution in [0.25, 0.3) is 0 Å².